The Kier molecular flexibility index (Phi) is 7.65. The number of amides is 2. The van der Waals surface area contributed by atoms with Gasteiger partial charge in [0.25, 0.3) is 0 Å². The average molecular weight is 474 g/mol. The minimum absolute atomic E-state index is 0.00395. The topological polar surface area (TPSA) is 84.2 Å². The van der Waals surface area contributed by atoms with E-state index in [1.807, 2.05) is 86.6 Å². The van der Waals surface area contributed by atoms with E-state index in [9.17, 15) is 9.59 Å². The second-order valence-electron chi connectivity index (χ2n) is 7.89. The molecule has 4 rings (SSSR count). The maximum absolute atomic E-state index is 12.9. The number of rotatable bonds is 9. The number of para-hydroxylation sites is 2. The number of nitrogens with one attached hydrogen (secondary N) is 2. The number of thioether (sulfide) groups is 1. The molecule has 1 aromatic heterocycles. The predicted octanol–water partition coefficient (Wildman–Crippen LogP) is 6.74. The summed E-state index contributed by atoms with van der Waals surface area (Å²) in [4.78, 5) is 30.3. The van der Waals surface area contributed by atoms with Crippen LogP contribution >= 0.6 is 11.8 Å². The Bertz CT molecular complexity index is 1250. The summed E-state index contributed by atoms with van der Waals surface area (Å²) in [5.74, 6) is 0.477. The molecule has 0 saturated carbocycles. The molecule has 1 atom stereocenters. The number of fused-ring (bicyclic) bond motifs is 1. The van der Waals surface area contributed by atoms with Crippen LogP contribution in [0.25, 0.3) is 22.6 Å². The Hall–Kier alpha value is -3.58. The van der Waals surface area contributed by atoms with Crippen molar-refractivity contribution in [2.24, 2.45) is 0 Å². The van der Waals surface area contributed by atoms with E-state index >= 15 is 0 Å². The standard InChI is InChI=1S/C27H27N3O3S/c1-3-8-25(31)28-20-9-7-10-21(17-20)34-24(4-2)26(32)29-19-15-13-18(14-16-19)27-30-22-11-5-6-12-23(22)33-27/h5-7,9-17,24H,3-4,8H2,1-2H3,(H,28,31)(H,29,32). The first-order valence-corrected chi connectivity index (χ1v) is 12.3. The highest BCUT2D eigenvalue weighted by Gasteiger charge is 2.19. The second kappa shape index (κ2) is 11.0. The zero-order valence-electron chi connectivity index (χ0n) is 19.2. The third kappa shape index (κ3) is 5.85. The lowest BCUT2D eigenvalue weighted by molar-refractivity contribution is -0.116. The molecular weight excluding hydrogens is 446 g/mol. The number of hydrogen-bond donors (Lipinski definition) is 2. The highest BCUT2D eigenvalue weighted by atomic mass is 32.2. The maximum Gasteiger partial charge on any atom is 0.237 e. The Labute approximate surface area is 203 Å². The number of nitrogens with zero attached hydrogens (tertiary/aromatic N) is 1. The van der Waals surface area contributed by atoms with Crippen LogP contribution in [0.15, 0.2) is 82.1 Å². The molecule has 4 aromatic rings. The zero-order valence-corrected chi connectivity index (χ0v) is 20.0. The molecule has 1 unspecified atom stereocenters. The fraction of sp³-hybridized carbons (Fsp3) is 0.222. The van der Waals surface area contributed by atoms with Gasteiger partial charge < -0.3 is 15.1 Å². The fourth-order valence-corrected chi connectivity index (χ4v) is 4.51. The van der Waals surface area contributed by atoms with Crippen molar-refractivity contribution in [3.05, 3.63) is 72.8 Å². The van der Waals surface area contributed by atoms with Crippen LogP contribution in [0.4, 0.5) is 11.4 Å². The summed E-state index contributed by atoms with van der Waals surface area (Å²) in [6.45, 7) is 3.96. The summed E-state index contributed by atoms with van der Waals surface area (Å²) in [6, 6.07) is 22.7. The van der Waals surface area contributed by atoms with Crippen molar-refractivity contribution in [2.75, 3.05) is 10.6 Å². The summed E-state index contributed by atoms with van der Waals surface area (Å²) >= 11 is 1.48. The number of anilines is 2. The van der Waals surface area contributed by atoms with Crippen molar-refractivity contribution in [1.82, 2.24) is 4.98 Å². The van der Waals surface area contributed by atoms with Crippen LogP contribution in [0.2, 0.25) is 0 Å². The van der Waals surface area contributed by atoms with Crippen molar-refractivity contribution in [1.29, 1.82) is 0 Å². The molecule has 2 N–H and O–H groups in total. The number of carbonyl (C=O) groups excluding carboxylic acids is 2. The highest BCUT2D eigenvalue weighted by molar-refractivity contribution is 8.00. The first-order valence-electron chi connectivity index (χ1n) is 11.4. The monoisotopic (exact) mass is 473 g/mol. The molecule has 174 valence electrons. The van der Waals surface area contributed by atoms with E-state index in [1.54, 1.807) is 0 Å². The van der Waals surface area contributed by atoms with Crippen LogP contribution in [-0.4, -0.2) is 22.0 Å². The molecule has 6 nitrogen and oxygen atoms in total. The minimum atomic E-state index is -0.265. The molecule has 0 aliphatic heterocycles. The molecule has 3 aromatic carbocycles. The lowest BCUT2D eigenvalue weighted by atomic mass is 10.2. The van der Waals surface area contributed by atoms with E-state index in [0.717, 1.165) is 33.7 Å². The van der Waals surface area contributed by atoms with Crippen LogP contribution in [0.3, 0.4) is 0 Å². The molecule has 0 aliphatic carbocycles. The average Bonchev–Trinajstić information content (AvgIpc) is 3.27. The van der Waals surface area contributed by atoms with Crippen molar-refractivity contribution >= 4 is 46.1 Å². The van der Waals surface area contributed by atoms with E-state index in [-0.39, 0.29) is 17.1 Å². The molecule has 2 amide bonds. The van der Waals surface area contributed by atoms with Crippen LogP contribution < -0.4 is 10.6 Å². The lowest BCUT2D eigenvalue weighted by Gasteiger charge is -2.15. The molecule has 0 spiro atoms. The molecule has 34 heavy (non-hydrogen) atoms. The Morgan fingerprint density at radius 2 is 1.74 bits per heavy atom. The number of oxazole rings is 1. The van der Waals surface area contributed by atoms with Gasteiger partial charge in [0.2, 0.25) is 17.7 Å². The van der Waals surface area contributed by atoms with Gasteiger partial charge in [0.1, 0.15) is 5.52 Å². The van der Waals surface area contributed by atoms with Gasteiger partial charge in [-0.2, -0.15) is 0 Å². The predicted molar refractivity (Wildman–Crippen MR) is 138 cm³/mol. The number of benzene rings is 3. The van der Waals surface area contributed by atoms with Crippen LogP contribution in [0.1, 0.15) is 33.1 Å². The quantitative estimate of drug-likeness (QED) is 0.263. The van der Waals surface area contributed by atoms with Gasteiger partial charge in [0, 0.05) is 28.3 Å². The maximum atomic E-state index is 12.9. The molecule has 0 fully saturated rings. The summed E-state index contributed by atoms with van der Waals surface area (Å²) in [5.41, 5.74) is 3.86. The van der Waals surface area contributed by atoms with Gasteiger partial charge in [-0.3, -0.25) is 9.59 Å². The largest absolute Gasteiger partial charge is 0.436 e. The molecular formula is C27H27N3O3S. The number of aromatic nitrogens is 1. The minimum Gasteiger partial charge on any atom is -0.436 e. The smallest absolute Gasteiger partial charge is 0.237 e. The molecule has 0 radical (unpaired) electrons. The normalized spacial score (nSPS) is 11.8. The SMILES string of the molecule is CCCC(=O)Nc1cccc(SC(CC)C(=O)Nc2ccc(-c3nc4ccccc4o3)cc2)c1. The third-order valence-electron chi connectivity index (χ3n) is 5.23. The molecule has 0 aliphatic rings. The van der Waals surface area contributed by atoms with Crippen LogP contribution in [0, 0.1) is 0 Å². The van der Waals surface area contributed by atoms with Crippen molar-refractivity contribution < 1.29 is 14.0 Å². The Morgan fingerprint density at radius 3 is 2.47 bits per heavy atom. The molecule has 7 heteroatoms. The Morgan fingerprint density at radius 1 is 0.941 bits per heavy atom. The van der Waals surface area contributed by atoms with E-state index < -0.39 is 0 Å². The van der Waals surface area contributed by atoms with Gasteiger partial charge in [-0.15, -0.1) is 11.8 Å². The lowest BCUT2D eigenvalue weighted by Crippen LogP contribution is -2.24. The molecule has 1 heterocycles. The molecule has 0 bridgehead atoms. The van der Waals surface area contributed by atoms with Gasteiger partial charge in [-0.25, -0.2) is 4.98 Å². The van der Waals surface area contributed by atoms with Gasteiger partial charge in [0.05, 0.1) is 5.25 Å². The summed E-state index contributed by atoms with van der Waals surface area (Å²) < 4.78 is 5.82. The fourth-order valence-electron chi connectivity index (χ4n) is 3.50. The zero-order chi connectivity index (χ0) is 23.9. The molecule has 0 saturated heterocycles. The van der Waals surface area contributed by atoms with Crippen molar-refractivity contribution in [2.45, 2.75) is 43.3 Å². The number of hydrogen-bond acceptors (Lipinski definition) is 5. The van der Waals surface area contributed by atoms with Crippen molar-refractivity contribution in [3.8, 4) is 11.5 Å². The van der Waals surface area contributed by atoms with Gasteiger partial charge in [0.15, 0.2) is 5.58 Å². The van der Waals surface area contributed by atoms with Crippen LogP contribution in [-0.2, 0) is 9.59 Å². The number of carbonyl (C=O) groups is 2. The third-order valence-corrected chi connectivity index (χ3v) is 6.59. The van der Waals surface area contributed by atoms with E-state index in [0.29, 0.717) is 24.4 Å². The van der Waals surface area contributed by atoms with E-state index in [2.05, 4.69) is 15.6 Å². The highest BCUT2D eigenvalue weighted by Crippen LogP contribution is 2.29. The first kappa shape index (κ1) is 23.6. The second-order valence-corrected chi connectivity index (χ2v) is 9.17. The summed E-state index contributed by atoms with van der Waals surface area (Å²) in [5, 5.41) is 5.64. The first-order chi connectivity index (χ1) is 16.6. The van der Waals surface area contributed by atoms with Gasteiger partial charge in [-0.1, -0.05) is 32.0 Å². The van der Waals surface area contributed by atoms with Crippen LogP contribution in [0.5, 0.6) is 0 Å². The van der Waals surface area contributed by atoms with Gasteiger partial charge in [-0.05, 0) is 67.4 Å². The van der Waals surface area contributed by atoms with Gasteiger partial charge >= 0.3 is 0 Å². The summed E-state index contributed by atoms with van der Waals surface area (Å²) in [7, 11) is 0. The summed E-state index contributed by atoms with van der Waals surface area (Å²) in [6.07, 6.45) is 1.96. The Balaban J connectivity index is 1.39. The van der Waals surface area contributed by atoms with E-state index in [4.69, 9.17) is 4.42 Å². The van der Waals surface area contributed by atoms with E-state index in [1.165, 1.54) is 11.8 Å². The van der Waals surface area contributed by atoms with Crippen molar-refractivity contribution in [3.63, 3.8) is 0 Å².